The number of benzene rings is 1. The Bertz CT molecular complexity index is 494. The molecule has 0 N–H and O–H groups in total. The summed E-state index contributed by atoms with van der Waals surface area (Å²) < 4.78 is 26.7. The van der Waals surface area contributed by atoms with Crippen LogP contribution in [0.3, 0.4) is 0 Å². The van der Waals surface area contributed by atoms with Crippen molar-refractivity contribution in [3.63, 3.8) is 0 Å². The van der Waals surface area contributed by atoms with Crippen LogP contribution in [0.15, 0.2) is 24.3 Å². The summed E-state index contributed by atoms with van der Waals surface area (Å²) in [5.41, 5.74) is 0.673. The van der Waals surface area contributed by atoms with Gasteiger partial charge in [0, 0.05) is 18.1 Å². The molecule has 114 valence electrons. The molecule has 1 aromatic carbocycles. The maximum absolute atomic E-state index is 12.5. The quantitative estimate of drug-likeness (QED) is 0.688. The summed E-state index contributed by atoms with van der Waals surface area (Å²) in [6, 6.07) is 7.14. The van der Waals surface area contributed by atoms with Crippen LogP contribution < -0.4 is 0 Å². The van der Waals surface area contributed by atoms with Gasteiger partial charge in [-0.2, -0.15) is 0 Å². The molecule has 0 unspecified atom stereocenters. The highest BCUT2D eigenvalue weighted by Gasteiger charge is 2.22. The third-order valence-electron chi connectivity index (χ3n) is 3.21. The normalized spacial score (nSPS) is 12.0. The van der Waals surface area contributed by atoms with Crippen LogP contribution in [0.2, 0.25) is 5.02 Å². The molecule has 0 saturated heterocycles. The Morgan fingerprint density at radius 3 is 2.10 bits per heavy atom. The van der Waals surface area contributed by atoms with Gasteiger partial charge >= 0.3 is 0 Å². The molecule has 1 aromatic rings. The minimum atomic E-state index is -3.29. The highest BCUT2D eigenvalue weighted by atomic mass is 35.5. The predicted octanol–water partition coefficient (Wildman–Crippen LogP) is 4.07. The lowest BCUT2D eigenvalue weighted by atomic mass is 10.2. The topological polar surface area (TPSA) is 37.4 Å². The first-order valence-electron chi connectivity index (χ1n) is 7.22. The Morgan fingerprint density at radius 2 is 1.60 bits per heavy atom. The van der Waals surface area contributed by atoms with Crippen molar-refractivity contribution in [2.24, 2.45) is 0 Å². The monoisotopic (exact) mass is 317 g/mol. The molecule has 0 aliphatic carbocycles. The second-order valence-electron chi connectivity index (χ2n) is 4.95. The van der Waals surface area contributed by atoms with Crippen molar-refractivity contribution >= 4 is 21.6 Å². The molecule has 0 aliphatic heterocycles. The fourth-order valence-electron chi connectivity index (χ4n) is 1.96. The van der Waals surface area contributed by atoms with Crippen molar-refractivity contribution in [1.82, 2.24) is 4.31 Å². The van der Waals surface area contributed by atoms with Crippen LogP contribution in [0.1, 0.15) is 45.1 Å². The molecule has 0 spiro atoms. The van der Waals surface area contributed by atoms with E-state index in [9.17, 15) is 8.42 Å². The van der Waals surface area contributed by atoms with Gasteiger partial charge in [0.2, 0.25) is 10.0 Å². The molecule has 20 heavy (non-hydrogen) atoms. The average molecular weight is 318 g/mol. The molecule has 0 aliphatic rings. The fourth-order valence-corrected chi connectivity index (χ4v) is 3.89. The van der Waals surface area contributed by atoms with Crippen molar-refractivity contribution in [2.75, 3.05) is 13.1 Å². The minimum absolute atomic E-state index is 0.0138. The number of sulfonamides is 1. The van der Waals surface area contributed by atoms with E-state index in [-0.39, 0.29) is 5.75 Å². The molecule has 0 fully saturated rings. The highest BCUT2D eigenvalue weighted by molar-refractivity contribution is 7.88. The molecule has 0 amide bonds. The van der Waals surface area contributed by atoms with Crippen molar-refractivity contribution in [1.29, 1.82) is 0 Å². The van der Waals surface area contributed by atoms with Gasteiger partial charge in [0.05, 0.1) is 5.75 Å². The van der Waals surface area contributed by atoms with E-state index in [0.29, 0.717) is 23.7 Å². The van der Waals surface area contributed by atoms with Gasteiger partial charge in [-0.3, -0.25) is 0 Å². The van der Waals surface area contributed by atoms with Gasteiger partial charge in [-0.15, -0.1) is 0 Å². The smallest absolute Gasteiger partial charge is 0.212 e. The second kappa shape index (κ2) is 8.65. The maximum atomic E-state index is 12.5. The lowest BCUT2D eigenvalue weighted by molar-refractivity contribution is 0.394. The van der Waals surface area contributed by atoms with Gasteiger partial charge in [-0.1, -0.05) is 56.5 Å². The van der Waals surface area contributed by atoms with Crippen LogP contribution in [0.5, 0.6) is 0 Å². The summed E-state index contributed by atoms with van der Waals surface area (Å²) in [6.07, 6.45) is 3.77. The van der Waals surface area contributed by atoms with Crippen LogP contribution in [0.4, 0.5) is 0 Å². The third kappa shape index (κ3) is 5.43. The van der Waals surface area contributed by atoms with Crippen LogP contribution >= 0.6 is 11.6 Å². The summed E-state index contributed by atoms with van der Waals surface area (Å²) >= 11 is 6.06. The van der Waals surface area contributed by atoms with Crippen molar-refractivity contribution in [3.05, 3.63) is 34.9 Å². The molecule has 1 rings (SSSR count). The van der Waals surface area contributed by atoms with Gasteiger partial charge in [-0.05, 0) is 24.5 Å². The summed E-state index contributed by atoms with van der Waals surface area (Å²) in [4.78, 5) is 0. The van der Waals surface area contributed by atoms with Gasteiger partial charge in [0.1, 0.15) is 0 Å². The number of nitrogens with zero attached hydrogens (tertiary/aromatic N) is 1. The number of hydrogen-bond donors (Lipinski definition) is 0. The number of hydrogen-bond acceptors (Lipinski definition) is 2. The summed E-state index contributed by atoms with van der Waals surface area (Å²) in [5.74, 6) is -0.0138. The molecule has 0 radical (unpaired) electrons. The van der Waals surface area contributed by atoms with Crippen LogP contribution in [0, 0.1) is 0 Å². The summed E-state index contributed by atoms with van der Waals surface area (Å²) in [6.45, 7) is 5.34. The highest BCUT2D eigenvalue weighted by Crippen LogP contribution is 2.20. The molecular weight excluding hydrogens is 294 g/mol. The zero-order valence-corrected chi connectivity index (χ0v) is 13.9. The van der Waals surface area contributed by atoms with E-state index in [4.69, 9.17) is 11.6 Å². The molecule has 3 nitrogen and oxygen atoms in total. The number of unbranched alkanes of at least 4 members (excludes halogenated alkanes) is 2. The van der Waals surface area contributed by atoms with E-state index in [1.807, 2.05) is 12.1 Å². The lowest BCUT2D eigenvalue weighted by Crippen LogP contribution is -2.34. The molecule has 0 saturated carbocycles. The van der Waals surface area contributed by atoms with E-state index in [2.05, 4.69) is 13.8 Å². The van der Waals surface area contributed by atoms with Crippen LogP contribution in [-0.4, -0.2) is 25.8 Å². The predicted molar refractivity (Wildman–Crippen MR) is 85.5 cm³/mol. The first-order chi connectivity index (χ1) is 9.51. The largest absolute Gasteiger partial charge is 0.218 e. The van der Waals surface area contributed by atoms with E-state index in [1.54, 1.807) is 16.4 Å². The van der Waals surface area contributed by atoms with Crippen LogP contribution in [0.25, 0.3) is 0 Å². The van der Waals surface area contributed by atoms with Gasteiger partial charge in [-0.25, -0.2) is 12.7 Å². The van der Waals surface area contributed by atoms with E-state index < -0.39 is 10.0 Å². The summed E-state index contributed by atoms with van der Waals surface area (Å²) in [7, 11) is -3.29. The molecule has 5 heteroatoms. The second-order valence-corrected chi connectivity index (χ2v) is 7.33. The van der Waals surface area contributed by atoms with Gasteiger partial charge < -0.3 is 0 Å². The third-order valence-corrected chi connectivity index (χ3v) is 5.41. The first kappa shape index (κ1) is 17.5. The Labute approximate surface area is 128 Å². The molecular formula is C15H24ClNO2S. The van der Waals surface area contributed by atoms with Gasteiger partial charge in [0.15, 0.2) is 0 Å². The zero-order valence-electron chi connectivity index (χ0n) is 12.3. The zero-order chi connectivity index (χ0) is 15.0. The Kier molecular flexibility index (Phi) is 7.56. The Balaban J connectivity index is 2.83. The Hall–Kier alpha value is -0.580. The molecule has 0 heterocycles. The minimum Gasteiger partial charge on any atom is -0.212 e. The first-order valence-corrected chi connectivity index (χ1v) is 9.21. The van der Waals surface area contributed by atoms with Crippen molar-refractivity contribution < 1.29 is 8.42 Å². The number of halogens is 1. The SMILES string of the molecule is CCCCN(CCCC)S(=O)(=O)Cc1ccccc1Cl. The number of rotatable bonds is 9. The molecule has 0 bridgehead atoms. The molecule has 0 atom stereocenters. The van der Waals surface area contributed by atoms with Crippen LogP contribution in [-0.2, 0) is 15.8 Å². The van der Waals surface area contributed by atoms with E-state index >= 15 is 0 Å². The van der Waals surface area contributed by atoms with Crippen molar-refractivity contribution in [2.45, 2.75) is 45.3 Å². The van der Waals surface area contributed by atoms with E-state index in [1.165, 1.54) is 0 Å². The van der Waals surface area contributed by atoms with Crippen molar-refractivity contribution in [3.8, 4) is 0 Å². The Morgan fingerprint density at radius 1 is 1.05 bits per heavy atom. The standard InChI is InChI=1S/C15H24ClNO2S/c1-3-5-11-17(12-6-4-2)20(18,19)13-14-9-7-8-10-15(14)16/h7-10H,3-6,11-13H2,1-2H3. The van der Waals surface area contributed by atoms with E-state index in [0.717, 1.165) is 25.7 Å². The van der Waals surface area contributed by atoms with Gasteiger partial charge in [0.25, 0.3) is 0 Å². The average Bonchev–Trinajstić information content (AvgIpc) is 2.41. The fraction of sp³-hybridized carbons (Fsp3) is 0.600. The molecule has 0 aromatic heterocycles. The lowest BCUT2D eigenvalue weighted by Gasteiger charge is -2.22. The summed E-state index contributed by atoms with van der Waals surface area (Å²) in [5, 5.41) is 0.516. The maximum Gasteiger partial charge on any atom is 0.218 e.